The highest BCUT2D eigenvalue weighted by atomic mass is 35.5. The molecule has 4 nitrogen and oxygen atoms in total. The zero-order chi connectivity index (χ0) is 16.2. The summed E-state index contributed by atoms with van der Waals surface area (Å²) in [4.78, 5) is 14.4. The Labute approximate surface area is 139 Å². The maximum Gasteiger partial charge on any atom is 0.421 e. The van der Waals surface area contributed by atoms with Gasteiger partial charge >= 0.3 is 5.76 Å². The Morgan fingerprint density at radius 1 is 1.17 bits per heavy atom. The summed E-state index contributed by atoms with van der Waals surface area (Å²) in [5, 5.41) is 0.563. The van der Waals surface area contributed by atoms with E-state index in [1.54, 1.807) is 16.7 Å². The number of hydrogen-bond donors (Lipinski definition) is 0. The minimum absolute atomic E-state index is 0.351. The van der Waals surface area contributed by atoms with Crippen molar-refractivity contribution in [3.8, 4) is 0 Å². The van der Waals surface area contributed by atoms with Gasteiger partial charge in [-0.25, -0.2) is 4.79 Å². The van der Waals surface area contributed by atoms with E-state index in [0.717, 1.165) is 25.0 Å². The third-order valence-electron chi connectivity index (χ3n) is 3.76. The van der Waals surface area contributed by atoms with Crippen molar-refractivity contribution in [1.29, 1.82) is 0 Å². The van der Waals surface area contributed by atoms with Gasteiger partial charge in [-0.1, -0.05) is 48.9 Å². The number of oxazole rings is 1. The monoisotopic (exact) mass is 330 g/mol. The molecule has 0 atom stereocenters. The largest absolute Gasteiger partial charge is 0.421 e. The van der Waals surface area contributed by atoms with E-state index < -0.39 is 0 Å². The highest BCUT2D eigenvalue weighted by Gasteiger charge is 2.13. The Morgan fingerprint density at radius 2 is 1.96 bits per heavy atom. The highest BCUT2D eigenvalue weighted by Crippen LogP contribution is 2.19. The van der Waals surface area contributed by atoms with Crippen LogP contribution in [0.5, 0.6) is 0 Å². The first-order chi connectivity index (χ1) is 11.2. The first-order valence-corrected chi connectivity index (χ1v) is 8.10. The van der Waals surface area contributed by atoms with E-state index in [1.165, 1.54) is 5.56 Å². The van der Waals surface area contributed by atoms with Crippen LogP contribution in [-0.4, -0.2) is 16.0 Å². The second-order valence-electron chi connectivity index (χ2n) is 5.59. The Hall–Kier alpha value is -2.04. The van der Waals surface area contributed by atoms with E-state index in [4.69, 9.17) is 16.0 Å². The Balaban J connectivity index is 1.88. The third-order valence-corrected chi connectivity index (χ3v) is 4.00. The van der Waals surface area contributed by atoms with Crippen LogP contribution in [-0.2, 0) is 13.2 Å². The average Bonchev–Trinajstić information content (AvgIpc) is 2.83. The molecule has 23 heavy (non-hydrogen) atoms. The van der Waals surface area contributed by atoms with Gasteiger partial charge in [0.15, 0.2) is 5.58 Å². The van der Waals surface area contributed by atoms with E-state index in [1.807, 2.05) is 24.3 Å². The summed E-state index contributed by atoms with van der Waals surface area (Å²) in [5.74, 6) is -0.351. The normalized spacial score (nSPS) is 11.4. The minimum atomic E-state index is -0.351. The van der Waals surface area contributed by atoms with Crippen molar-refractivity contribution in [2.75, 3.05) is 6.54 Å². The van der Waals surface area contributed by atoms with Crippen molar-refractivity contribution < 1.29 is 4.42 Å². The Kier molecular flexibility index (Phi) is 4.84. The van der Waals surface area contributed by atoms with Crippen molar-refractivity contribution in [3.63, 3.8) is 0 Å². The van der Waals surface area contributed by atoms with Crippen molar-refractivity contribution in [2.24, 2.45) is 0 Å². The summed E-state index contributed by atoms with van der Waals surface area (Å²) in [6, 6.07) is 15.5. The molecule has 0 spiro atoms. The quantitative estimate of drug-likeness (QED) is 0.682. The SMILES string of the molecule is CCCN(Cc1ccccc1)Cn1c(=O)oc2cc(Cl)ccc21. The van der Waals surface area contributed by atoms with Gasteiger partial charge in [-0.2, -0.15) is 0 Å². The molecule has 0 N–H and O–H groups in total. The number of rotatable bonds is 6. The second kappa shape index (κ2) is 7.02. The van der Waals surface area contributed by atoms with Gasteiger partial charge in [0.05, 0.1) is 12.2 Å². The fourth-order valence-corrected chi connectivity index (χ4v) is 2.89. The first kappa shape index (κ1) is 15.8. The lowest BCUT2D eigenvalue weighted by molar-refractivity contribution is 0.205. The van der Waals surface area contributed by atoms with Crippen LogP contribution in [0.15, 0.2) is 57.7 Å². The van der Waals surface area contributed by atoms with Gasteiger partial charge < -0.3 is 4.42 Å². The predicted molar refractivity (Wildman–Crippen MR) is 92.6 cm³/mol. The lowest BCUT2D eigenvalue weighted by Gasteiger charge is -2.22. The molecular formula is C18H19ClN2O2. The van der Waals surface area contributed by atoms with Crippen molar-refractivity contribution in [1.82, 2.24) is 9.47 Å². The van der Waals surface area contributed by atoms with Crippen LogP contribution in [0.1, 0.15) is 18.9 Å². The van der Waals surface area contributed by atoms with Gasteiger partial charge in [0.1, 0.15) is 0 Å². The molecule has 2 aromatic carbocycles. The number of benzene rings is 2. The third kappa shape index (κ3) is 3.66. The van der Waals surface area contributed by atoms with Crippen LogP contribution >= 0.6 is 11.6 Å². The molecule has 0 fully saturated rings. The van der Waals surface area contributed by atoms with Gasteiger partial charge in [-0.3, -0.25) is 9.47 Å². The molecule has 0 amide bonds. The van der Waals surface area contributed by atoms with E-state index >= 15 is 0 Å². The number of hydrogen-bond acceptors (Lipinski definition) is 3. The van der Waals surface area contributed by atoms with Crippen molar-refractivity contribution in [3.05, 3.63) is 69.7 Å². The maximum absolute atomic E-state index is 12.2. The fraction of sp³-hybridized carbons (Fsp3) is 0.278. The molecule has 1 aromatic heterocycles. The number of fused-ring (bicyclic) bond motifs is 1. The van der Waals surface area contributed by atoms with Gasteiger partial charge in [-0.05, 0) is 30.7 Å². The molecule has 0 radical (unpaired) electrons. The molecule has 3 aromatic rings. The molecule has 0 saturated heterocycles. The molecule has 120 valence electrons. The molecule has 0 saturated carbocycles. The lowest BCUT2D eigenvalue weighted by Crippen LogP contribution is -2.30. The van der Waals surface area contributed by atoms with Gasteiger partial charge in [-0.15, -0.1) is 0 Å². The van der Waals surface area contributed by atoms with Crippen LogP contribution in [0, 0.1) is 0 Å². The summed E-state index contributed by atoms with van der Waals surface area (Å²) in [6.07, 6.45) is 1.02. The lowest BCUT2D eigenvalue weighted by atomic mass is 10.2. The fourth-order valence-electron chi connectivity index (χ4n) is 2.73. The molecule has 0 aliphatic rings. The van der Waals surface area contributed by atoms with E-state index in [-0.39, 0.29) is 5.76 Å². The topological polar surface area (TPSA) is 38.4 Å². The number of halogens is 1. The van der Waals surface area contributed by atoms with E-state index in [0.29, 0.717) is 17.3 Å². The molecule has 3 rings (SSSR count). The Bertz CT molecular complexity index is 839. The Morgan fingerprint density at radius 3 is 2.70 bits per heavy atom. The summed E-state index contributed by atoms with van der Waals surface area (Å²) in [7, 11) is 0. The van der Waals surface area contributed by atoms with E-state index in [2.05, 4.69) is 24.0 Å². The van der Waals surface area contributed by atoms with Gasteiger partial charge in [0.25, 0.3) is 0 Å². The molecule has 0 unspecified atom stereocenters. The highest BCUT2D eigenvalue weighted by molar-refractivity contribution is 6.31. The zero-order valence-corrected chi connectivity index (χ0v) is 13.8. The summed E-state index contributed by atoms with van der Waals surface area (Å²) in [6.45, 7) is 4.33. The standard InChI is InChI=1S/C18H19ClN2O2/c1-2-10-20(12-14-6-4-3-5-7-14)13-21-16-9-8-15(19)11-17(16)23-18(21)22/h3-9,11H,2,10,12-13H2,1H3. The maximum atomic E-state index is 12.2. The average molecular weight is 331 g/mol. The van der Waals surface area contributed by atoms with E-state index in [9.17, 15) is 4.79 Å². The molecular weight excluding hydrogens is 312 g/mol. The van der Waals surface area contributed by atoms with Crippen molar-refractivity contribution >= 4 is 22.7 Å². The molecule has 0 aliphatic carbocycles. The van der Waals surface area contributed by atoms with Crippen LogP contribution in [0.4, 0.5) is 0 Å². The van der Waals surface area contributed by atoms with Crippen LogP contribution in [0.3, 0.4) is 0 Å². The molecule has 1 heterocycles. The van der Waals surface area contributed by atoms with Crippen LogP contribution < -0.4 is 5.76 Å². The number of aromatic nitrogens is 1. The summed E-state index contributed by atoms with van der Waals surface area (Å²) < 4.78 is 6.96. The second-order valence-corrected chi connectivity index (χ2v) is 6.02. The van der Waals surface area contributed by atoms with Gasteiger partial charge in [0, 0.05) is 17.6 Å². The zero-order valence-electron chi connectivity index (χ0n) is 13.0. The van der Waals surface area contributed by atoms with Gasteiger partial charge in [0.2, 0.25) is 0 Å². The molecule has 0 aliphatic heterocycles. The van der Waals surface area contributed by atoms with Crippen molar-refractivity contribution in [2.45, 2.75) is 26.6 Å². The molecule has 5 heteroatoms. The van der Waals surface area contributed by atoms with Crippen LogP contribution in [0.2, 0.25) is 5.02 Å². The van der Waals surface area contributed by atoms with Crippen LogP contribution in [0.25, 0.3) is 11.1 Å². The molecule has 0 bridgehead atoms. The summed E-state index contributed by atoms with van der Waals surface area (Å²) >= 11 is 5.96. The predicted octanol–water partition coefficient (Wildman–Crippen LogP) is 4.12. The smallest absolute Gasteiger partial charge is 0.408 e. The number of nitrogens with zero attached hydrogens (tertiary/aromatic N) is 2. The summed E-state index contributed by atoms with van der Waals surface area (Å²) in [5.41, 5.74) is 2.53. The first-order valence-electron chi connectivity index (χ1n) is 7.72. The minimum Gasteiger partial charge on any atom is -0.408 e.